The fraction of sp³-hybridized carbons (Fsp3) is 0.643. The van der Waals surface area contributed by atoms with E-state index in [0.29, 0.717) is 24.5 Å². The number of aliphatic imine (C=N–C) groups is 2. The number of aliphatic hydroxyl groups is 1. The highest BCUT2D eigenvalue weighted by molar-refractivity contribution is 5.99. The van der Waals surface area contributed by atoms with Gasteiger partial charge in [0.15, 0.2) is 17.8 Å². The van der Waals surface area contributed by atoms with Gasteiger partial charge in [0.2, 0.25) is 0 Å². The van der Waals surface area contributed by atoms with Crippen molar-refractivity contribution in [2.24, 2.45) is 21.5 Å². The lowest BCUT2D eigenvalue weighted by Gasteiger charge is -2.27. The Morgan fingerprint density at radius 2 is 2.35 bits per heavy atom. The first kappa shape index (κ1) is 17.5. The van der Waals surface area contributed by atoms with Crippen LogP contribution in [-0.4, -0.2) is 58.8 Å². The second-order valence-corrected chi connectivity index (χ2v) is 5.81. The summed E-state index contributed by atoms with van der Waals surface area (Å²) in [7, 11) is 1.57. The number of ether oxygens (including phenoxy) is 2. The maximum atomic E-state index is 9.95. The fourth-order valence-electron chi connectivity index (χ4n) is 2.57. The number of nitrogens with zero attached hydrogens (tertiary/aromatic N) is 4. The van der Waals surface area contributed by atoms with Crippen LogP contribution in [0.1, 0.15) is 32.2 Å². The van der Waals surface area contributed by atoms with Gasteiger partial charge in [-0.05, 0) is 20.6 Å². The van der Waals surface area contributed by atoms with Gasteiger partial charge >= 0.3 is 0 Å². The van der Waals surface area contributed by atoms with E-state index in [0.717, 1.165) is 0 Å². The lowest BCUT2D eigenvalue weighted by molar-refractivity contribution is -0.222. The number of hydrogen-bond donors (Lipinski definition) is 3. The monoisotopic (exact) mass is 324 g/mol. The molecule has 0 aromatic carbocycles. The summed E-state index contributed by atoms with van der Waals surface area (Å²) in [5.41, 5.74) is 12.0. The molecule has 1 fully saturated rings. The van der Waals surface area contributed by atoms with Crippen LogP contribution in [0, 0.1) is 0 Å². The lowest BCUT2D eigenvalue weighted by atomic mass is 10.2. The molecular weight excluding hydrogens is 300 g/mol. The van der Waals surface area contributed by atoms with Crippen LogP contribution in [0.5, 0.6) is 0 Å². The molecule has 3 atom stereocenters. The molecule has 0 bridgehead atoms. The molecule has 1 saturated heterocycles. The standard InChI is InChI=1S/C14H24N6O3/c1-14(2,21)23-9-5-8(6-15)22-13(9)20-7-19-10(11(16)17-3)12(20)18-4/h7-9,13,21H,4-6,15H2,1-3H3,(H2,16,17). The fourth-order valence-corrected chi connectivity index (χ4v) is 2.57. The molecule has 2 rings (SSSR count). The molecule has 9 heteroatoms. The molecule has 0 amide bonds. The number of hydrogen-bond acceptors (Lipinski definition) is 7. The number of aromatic nitrogens is 2. The Labute approximate surface area is 135 Å². The van der Waals surface area contributed by atoms with Crippen LogP contribution in [0.25, 0.3) is 0 Å². The second-order valence-electron chi connectivity index (χ2n) is 5.81. The minimum Gasteiger partial charge on any atom is -0.382 e. The van der Waals surface area contributed by atoms with Crippen molar-refractivity contribution < 1.29 is 14.6 Å². The van der Waals surface area contributed by atoms with Crippen molar-refractivity contribution in [3.8, 4) is 0 Å². The molecule has 23 heavy (non-hydrogen) atoms. The van der Waals surface area contributed by atoms with Crippen LogP contribution in [0.4, 0.5) is 5.82 Å². The van der Waals surface area contributed by atoms with Gasteiger partial charge in [0.1, 0.15) is 17.6 Å². The smallest absolute Gasteiger partial charge is 0.165 e. The molecule has 1 aromatic heterocycles. The van der Waals surface area contributed by atoms with Crippen molar-refractivity contribution >= 4 is 18.4 Å². The van der Waals surface area contributed by atoms with E-state index in [1.165, 1.54) is 0 Å². The SMILES string of the molecule is C=Nc1c(C(N)=NC)ncn1C1OC(CN)CC1OC(C)(C)O. The molecule has 5 N–H and O–H groups in total. The number of nitrogens with two attached hydrogens (primary N) is 2. The summed E-state index contributed by atoms with van der Waals surface area (Å²) in [6, 6.07) is 0. The van der Waals surface area contributed by atoms with Crippen LogP contribution in [0.2, 0.25) is 0 Å². The first-order valence-corrected chi connectivity index (χ1v) is 7.32. The Hall–Kier alpha value is -1.81. The molecule has 1 aromatic rings. The Balaban J connectivity index is 2.38. The Bertz CT molecular complexity index is 592. The van der Waals surface area contributed by atoms with Crippen molar-refractivity contribution in [3.05, 3.63) is 12.0 Å². The minimum atomic E-state index is -1.30. The van der Waals surface area contributed by atoms with Gasteiger partial charge in [0, 0.05) is 20.0 Å². The van der Waals surface area contributed by atoms with Crippen molar-refractivity contribution in [2.45, 2.75) is 44.5 Å². The van der Waals surface area contributed by atoms with E-state index in [1.54, 1.807) is 31.8 Å². The number of rotatable bonds is 6. The van der Waals surface area contributed by atoms with E-state index in [2.05, 4.69) is 21.7 Å². The first-order valence-electron chi connectivity index (χ1n) is 7.32. The molecule has 3 unspecified atom stereocenters. The third kappa shape index (κ3) is 3.75. The Morgan fingerprint density at radius 1 is 1.65 bits per heavy atom. The van der Waals surface area contributed by atoms with Crippen molar-refractivity contribution in [2.75, 3.05) is 13.6 Å². The number of imidazole rings is 1. The maximum Gasteiger partial charge on any atom is 0.165 e. The molecule has 0 radical (unpaired) electrons. The molecule has 1 aliphatic heterocycles. The summed E-state index contributed by atoms with van der Waals surface area (Å²) in [6.07, 6.45) is 0.953. The second kappa shape index (κ2) is 6.75. The van der Waals surface area contributed by atoms with Gasteiger partial charge < -0.3 is 26.0 Å². The highest BCUT2D eigenvalue weighted by Crippen LogP contribution is 2.36. The van der Waals surface area contributed by atoms with E-state index >= 15 is 0 Å². The zero-order chi connectivity index (χ0) is 17.2. The van der Waals surface area contributed by atoms with E-state index in [4.69, 9.17) is 20.9 Å². The summed E-state index contributed by atoms with van der Waals surface area (Å²) >= 11 is 0. The van der Waals surface area contributed by atoms with E-state index < -0.39 is 18.1 Å². The summed E-state index contributed by atoms with van der Waals surface area (Å²) < 4.78 is 13.3. The predicted octanol–water partition coefficient (Wildman–Crippen LogP) is -0.0899. The van der Waals surface area contributed by atoms with Gasteiger partial charge in [-0.2, -0.15) is 0 Å². The van der Waals surface area contributed by atoms with Crippen LogP contribution in [0.15, 0.2) is 16.3 Å². The van der Waals surface area contributed by atoms with Crippen LogP contribution in [-0.2, 0) is 9.47 Å². The van der Waals surface area contributed by atoms with E-state index in [-0.39, 0.29) is 11.9 Å². The summed E-state index contributed by atoms with van der Waals surface area (Å²) in [5.74, 6) is -0.621. The molecule has 2 heterocycles. The molecule has 128 valence electrons. The number of amidine groups is 1. The molecule has 1 aliphatic rings. The maximum absolute atomic E-state index is 9.95. The first-order chi connectivity index (χ1) is 10.8. The molecule has 0 saturated carbocycles. The third-order valence-electron chi connectivity index (χ3n) is 3.52. The van der Waals surface area contributed by atoms with Gasteiger partial charge in [-0.25, -0.2) is 9.98 Å². The van der Waals surface area contributed by atoms with E-state index in [1.807, 2.05) is 0 Å². The zero-order valence-corrected chi connectivity index (χ0v) is 13.6. The van der Waals surface area contributed by atoms with E-state index in [9.17, 15) is 5.11 Å². The summed E-state index contributed by atoms with van der Waals surface area (Å²) in [5, 5.41) is 9.95. The minimum absolute atomic E-state index is 0.187. The van der Waals surface area contributed by atoms with Gasteiger partial charge in [-0.3, -0.25) is 9.56 Å². The summed E-state index contributed by atoms with van der Waals surface area (Å²) in [6.45, 7) is 7.03. The largest absolute Gasteiger partial charge is 0.382 e. The van der Waals surface area contributed by atoms with Crippen molar-refractivity contribution in [1.82, 2.24) is 9.55 Å². The van der Waals surface area contributed by atoms with Gasteiger partial charge in [0.25, 0.3) is 0 Å². The van der Waals surface area contributed by atoms with Gasteiger partial charge in [-0.1, -0.05) is 0 Å². The average molecular weight is 324 g/mol. The quantitative estimate of drug-likeness (QED) is 0.380. The Kier molecular flexibility index (Phi) is 5.15. The lowest BCUT2D eigenvalue weighted by Crippen LogP contribution is -2.33. The zero-order valence-electron chi connectivity index (χ0n) is 13.6. The van der Waals surface area contributed by atoms with Gasteiger partial charge in [0.05, 0.1) is 12.4 Å². The van der Waals surface area contributed by atoms with Crippen molar-refractivity contribution in [1.29, 1.82) is 0 Å². The van der Waals surface area contributed by atoms with Crippen LogP contribution >= 0.6 is 0 Å². The molecular formula is C14H24N6O3. The predicted molar refractivity (Wildman–Crippen MR) is 86.8 cm³/mol. The van der Waals surface area contributed by atoms with Crippen LogP contribution < -0.4 is 11.5 Å². The summed E-state index contributed by atoms with van der Waals surface area (Å²) in [4.78, 5) is 12.1. The highest BCUT2D eigenvalue weighted by atomic mass is 16.7. The van der Waals surface area contributed by atoms with Gasteiger partial charge in [-0.15, -0.1) is 0 Å². The van der Waals surface area contributed by atoms with Crippen molar-refractivity contribution in [3.63, 3.8) is 0 Å². The molecule has 0 spiro atoms. The molecule has 0 aliphatic carbocycles. The van der Waals surface area contributed by atoms with Crippen LogP contribution in [0.3, 0.4) is 0 Å². The Morgan fingerprint density at radius 3 is 2.87 bits per heavy atom. The normalized spacial score (nSPS) is 25.8. The topological polar surface area (TPSA) is 133 Å². The highest BCUT2D eigenvalue weighted by Gasteiger charge is 2.40. The third-order valence-corrected chi connectivity index (χ3v) is 3.52. The average Bonchev–Trinajstić information content (AvgIpc) is 3.07. The molecule has 9 nitrogen and oxygen atoms in total.